The van der Waals surface area contributed by atoms with Crippen molar-refractivity contribution < 1.29 is 18.0 Å². The molecule has 1 aromatic rings. The van der Waals surface area contributed by atoms with Crippen LogP contribution in [0.4, 0.5) is 13.2 Å². The van der Waals surface area contributed by atoms with Gasteiger partial charge in [-0.15, -0.1) is 12.4 Å². The van der Waals surface area contributed by atoms with Crippen molar-refractivity contribution in [2.45, 2.75) is 37.4 Å². The van der Waals surface area contributed by atoms with Crippen molar-refractivity contribution >= 4 is 18.3 Å². The second-order valence-electron chi connectivity index (χ2n) is 6.46. The molecule has 1 aromatic carbocycles. The first-order valence-corrected chi connectivity index (χ1v) is 8.03. The van der Waals surface area contributed by atoms with Gasteiger partial charge >= 0.3 is 6.18 Å². The minimum atomic E-state index is -4.33. The largest absolute Gasteiger partial charge is 0.416 e. The SMILES string of the molecule is CNC1CCN(C(=O)C2CC2c2cccc(C(F)(F)F)c2)CC1.Cl. The number of benzene rings is 1. The summed E-state index contributed by atoms with van der Waals surface area (Å²) >= 11 is 0. The molecule has 1 amide bonds. The van der Waals surface area contributed by atoms with E-state index in [0.29, 0.717) is 18.0 Å². The zero-order chi connectivity index (χ0) is 16.6. The van der Waals surface area contributed by atoms with Gasteiger partial charge in [0, 0.05) is 25.0 Å². The van der Waals surface area contributed by atoms with Crippen LogP contribution in [0.3, 0.4) is 0 Å². The molecule has 0 radical (unpaired) electrons. The highest BCUT2D eigenvalue weighted by Gasteiger charge is 2.46. The lowest BCUT2D eigenvalue weighted by atomic mass is 10.0. The molecule has 0 bridgehead atoms. The zero-order valence-corrected chi connectivity index (χ0v) is 14.3. The molecular formula is C17H22ClF3N2O. The number of likely N-dealkylation sites (tertiary alicyclic amines) is 1. The molecule has 3 nitrogen and oxygen atoms in total. The maximum atomic E-state index is 12.8. The van der Waals surface area contributed by atoms with Crippen LogP contribution in [0.5, 0.6) is 0 Å². The third-order valence-corrected chi connectivity index (χ3v) is 4.96. The molecular weight excluding hydrogens is 341 g/mol. The van der Waals surface area contributed by atoms with Crippen molar-refractivity contribution in [3.8, 4) is 0 Å². The summed E-state index contributed by atoms with van der Waals surface area (Å²) in [6.45, 7) is 1.46. The number of piperidine rings is 1. The van der Waals surface area contributed by atoms with Gasteiger partial charge in [-0.05, 0) is 43.9 Å². The Bertz CT molecular complexity index is 585. The van der Waals surface area contributed by atoms with E-state index in [9.17, 15) is 18.0 Å². The Hall–Kier alpha value is -1.27. The fourth-order valence-electron chi connectivity index (χ4n) is 3.41. The predicted octanol–water partition coefficient (Wildman–Crippen LogP) is 3.44. The molecule has 2 aliphatic rings. The molecule has 2 atom stereocenters. The van der Waals surface area contributed by atoms with E-state index in [0.717, 1.165) is 32.0 Å². The zero-order valence-electron chi connectivity index (χ0n) is 13.5. The number of hydrogen-bond donors (Lipinski definition) is 1. The molecule has 2 fully saturated rings. The van der Waals surface area contributed by atoms with Gasteiger partial charge in [-0.3, -0.25) is 4.79 Å². The summed E-state index contributed by atoms with van der Waals surface area (Å²) in [5, 5.41) is 3.22. The van der Waals surface area contributed by atoms with Gasteiger partial charge in [-0.1, -0.05) is 18.2 Å². The van der Waals surface area contributed by atoms with Gasteiger partial charge in [0.25, 0.3) is 0 Å². The van der Waals surface area contributed by atoms with Crippen molar-refractivity contribution in [3.63, 3.8) is 0 Å². The van der Waals surface area contributed by atoms with Gasteiger partial charge in [-0.25, -0.2) is 0 Å². The number of alkyl halides is 3. The van der Waals surface area contributed by atoms with E-state index >= 15 is 0 Å². The van der Waals surface area contributed by atoms with Crippen molar-refractivity contribution in [1.82, 2.24) is 10.2 Å². The van der Waals surface area contributed by atoms with E-state index in [4.69, 9.17) is 0 Å². The maximum Gasteiger partial charge on any atom is 0.416 e. The molecule has 1 saturated carbocycles. The van der Waals surface area contributed by atoms with Crippen LogP contribution in [0.1, 0.15) is 36.3 Å². The monoisotopic (exact) mass is 362 g/mol. The Morgan fingerprint density at radius 3 is 2.50 bits per heavy atom. The van der Waals surface area contributed by atoms with Crippen LogP contribution in [-0.4, -0.2) is 37.0 Å². The Morgan fingerprint density at radius 2 is 1.92 bits per heavy atom. The Balaban J connectivity index is 0.00000208. The lowest BCUT2D eigenvalue weighted by Crippen LogP contribution is -2.44. The van der Waals surface area contributed by atoms with Crippen LogP contribution in [-0.2, 0) is 11.0 Å². The van der Waals surface area contributed by atoms with E-state index in [1.54, 1.807) is 6.07 Å². The molecule has 24 heavy (non-hydrogen) atoms. The fraction of sp³-hybridized carbons (Fsp3) is 0.588. The molecule has 0 aromatic heterocycles. The molecule has 1 aliphatic heterocycles. The van der Waals surface area contributed by atoms with E-state index in [1.807, 2.05) is 11.9 Å². The smallest absolute Gasteiger partial charge is 0.342 e. The summed E-state index contributed by atoms with van der Waals surface area (Å²) in [5.41, 5.74) is -0.00813. The van der Waals surface area contributed by atoms with Gasteiger partial charge < -0.3 is 10.2 Å². The normalized spacial score (nSPS) is 24.4. The average Bonchev–Trinajstić information content (AvgIpc) is 3.34. The second kappa shape index (κ2) is 7.31. The third kappa shape index (κ3) is 4.03. The quantitative estimate of drug-likeness (QED) is 0.893. The topological polar surface area (TPSA) is 32.3 Å². The van der Waals surface area contributed by atoms with Crippen molar-refractivity contribution in [1.29, 1.82) is 0 Å². The molecule has 1 saturated heterocycles. The molecule has 1 heterocycles. The number of hydrogen-bond acceptors (Lipinski definition) is 2. The first-order chi connectivity index (χ1) is 10.9. The summed E-state index contributed by atoms with van der Waals surface area (Å²) in [6, 6.07) is 5.84. The predicted molar refractivity (Wildman–Crippen MR) is 88.2 cm³/mol. The Morgan fingerprint density at radius 1 is 1.25 bits per heavy atom. The summed E-state index contributed by atoms with van der Waals surface area (Å²) in [6.07, 6.45) is -1.81. The van der Waals surface area contributed by atoms with Crippen LogP contribution in [0.15, 0.2) is 24.3 Å². The standard InChI is InChI=1S/C17H21F3N2O.ClH/c1-21-13-5-7-22(8-6-13)16(23)15-10-14(15)11-3-2-4-12(9-11)17(18,19)20;/h2-4,9,13-15,21H,5-8,10H2,1H3;1H. The van der Waals surface area contributed by atoms with E-state index in [-0.39, 0.29) is 30.2 Å². The van der Waals surface area contributed by atoms with E-state index < -0.39 is 11.7 Å². The lowest BCUT2D eigenvalue weighted by Gasteiger charge is -2.32. The summed E-state index contributed by atoms with van der Waals surface area (Å²) in [5.74, 6) is -0.113. The van der Waals surface area contributed by atoms with Crippen LogP contribution >= 0.6 is 12.4 Å². The molecule has 3 rings (SSSR count). The molecule has 2 unspecified atom stereocenters. The molecule has 0 spiro atoms. The number of amides is 1. The van der Waals surface area contributed by atoms with E-state index in [1.165, 1.54) is 12.1 Å². The highest BCUT2D eigenvalue weighted by Crippen LogP contribution is 2.49. The lowest BCUT2D eigenvalue weighted by molar-refractivity contribution is -0.137. The Labute approximate surface area is 146 Å². The van der Waals surface area contributed by atoms with Crippen molar-refractivity contribution in [3.05, 3.63) is 35.4 Å². The van der Waals surface area contributed by atoms with Crippen molar-refractivity contribution in [2.24, 2.45) is 5.92 Å². The van der Waals surface area contributed by atoms with Gasteiger partial charge in [-0.2, -0.15) is 13.2 Å². The molecule has 134 valence electrons. The highest BCUT2D eigenvalue weighted by atomic mass is 35.5. The van der Waals surface area contributed by atoms with Gasteiger partial charge in [0.1, 0.15) is 0 Å². The summed E-state index contributed by atoms with van der Waals surface area (Å²) < 4.78 is 38.4. The van der Waals surface area contributed by atoms with Gasteiger partial charge in [0.15, 0.2) is 0 Å². The third-order valence-electron chi connectivity index (χ3n) is 4.96. The van der Waals surface area contributed by atoms with Crippen LogP contribution in [0.25, 0.3) is 0 Å². The number of nitrogens with zero attached hydrogens (tertiary/aromatic N) is 1. The average molecular weight is 363 g/mol. The van der Waals surface area contributed by atoms with Crippen molar-refractivity contribution in [2.75, 3.05) is 20.1 Å². The summed E-state index contributed by atoms with van der Waals surface area (Å²) in [4.78, 5) is 14.4. The van der Waals surface area contributed by atoms with Crippen LogP contribution in [0, 0.1) is 5.92 Å². The van der Waals surface area contributed by atoms with Crippen LogP contribution < -0.4 is 5.32 Å². The number of carbonyl (C=O) groups is 1. The maximum absolute atomic E-state index is 12.8. The number of nitrogens with one attached hydrogen (secondary N) is 1. The number of rotatable bonds is 3. The minimum Gasteiger partial charge on any atom is -0.342 e. The fourth-order valence-corrected chi connectivity index (χ4v) is 3.41. The Kier molecular flexibility index (Phi) is 5.81. The molecule has 7 heteroatoms. The molecule has 1 N–H and O–H groups in total. The molecule has 1 aliphatic carbocycles. The first kappa shape index (κ1) is 19.1. The number of carbonyl (C=O) groups excluding carboxylic acids is 1. The summed E-state index contributed by atoms with van der Waals surface area (Å²) in [7, 11) is 1.92. The first-order valence-electron chi connectivity index (χ1n) is 8.03. The second-order valence-corrected chi connectivity index (χ2v) is 6.46. The highest BCUT2D eigenvalue weighted by molar-refractivity contribution is 5.85. The van der Waals surface area contributed by atoms with Crippen LogP contribution in [0.2, 0.25) is 0 Å². The van der Waals surface area contributed by atoms with E-state index in [2.05, 4.69) is 5.32 Å². The van der Waals surface area contributed by atoms with Gasteiger partial charge in [0.2, 0.25) is 5.91 Å². The number of halogens is 4. The minimum absolute atomic E-state index is 0. The van der Waals surface area contributed by atoms with Gasteiger partial charge in [0.05, 0.1) is 5.56 Å².